The second kappa shape index (κ2) is 22.8. The lowest BCUT2D eigenvalue weighted by molar-refractivity contribution is 1.17. The first-order valence-corrected chi connectivity index (χ1v) is 26.7. The SMILES string of the molecule is Cc1ccc(N(c2ccc(-c3ccc(N(c4ccccc4)c4ccccc4)cc3)cc2)c2cccc(Cc3cccc(N(c4ccccc4)c4ccc(-c5ccc(N(c6ccccc6)c6ccccc6)cc5)cc4)c3)c2)cc1. The molecule has 0 fully saturated rings. The zero-order valence-electron chi connectivity index (χ0n) is 43.6. The van der Waals surface area contributed by atoms with E-state index in [9.17, 15) is 0 Å². The number of hydrogen-bond donors (Lipinski definition) is 0. The average molecular weight is 1000 g/mol. The van der Waals surface area contributed by atoms with Gasteiger partial charge in [-0.1, -0.05) is 181 Å². The van der Waals surface area contributed by atoms with Crippen LogP contribution in [0.1, 0.15) is 16.7 Å². The van der Waals surface area contributed by atoms with Crippen LogP contribution in [0.25, 0.3) is 22.3 Å². The van der Waals surface area contributed by atoms with Crippen LogP contribution in [-0.2, 0) is 6.42 Å². The third-order valence-corrected chi connectivity index (χ3v) is 14.3. The van der Waals surface area contributed by atoms with Gasteiger partial charge in [-0.25, -0.2) is 0 Å². The Morgan fingerprint density at radius 3 is 0.654 bits per heavy atom. The Hall–Kier alpha value is -10.2. The highest BCUT2D eigenvalue weighted by atomic mass is 15.2. The smallest absolute Gasteiger partial charge is 0.0464 e. The van der Waals surface area contributed by atoms with Gasteiger partial charge in [-0.3, -0.25) is 0 Å². The molecule has 0 unspecified atom stereocenters. The number of anilines is 12. The summed E-state index contributed by atoms with van der Waals surface area (Å²) in [7, 11) is 0. The second-order valence-corrected chi connectivity index (χ2v) is 19.6. The normalized spacial score (nSPS) is 10.9. The van der Waals surface area contributed by atoms with E-state index < -0.39 is 0 Å². The molecular weight excluding hydrogens is 945 g/mol. The minimum Gasteiger partial charge on any atom is -0.311 e. The van der Waals surface area contributed by atoms with Crippen molar-refractivity contribution < 1.29 is 0 Å². The Balaban J connectivity index is 0.796. The van der Waals surface area contributed by atoms with Crippen molar-refractivity contribution in [3.63, 3.8) is 0 Å². The molecule has 0 aromatic heterocycles. The van der Waals surface area contributed by atoms with Gasteiger partial charge in [0.05, 0.1) is 0 Å². The van der Waals surface area contributed by atoms with Crippen molar-refractivity contribution in [3.05, 3.63) is 338 Å². The van der Waals surface area contributed by atoms with Crippen LogP contribution in [0.15, 0.2) is 322 Å². The van der Waals surface area contributed by atoms with Gasteiger partial charge < -0.3 is 19.6 Å². The van der Waals surface area contributed by atoms with Gasteiger partial charge in [0, 0.05) is 68.2 Å². The van der Waals surface area contributed by atoms with Gasteiger partial charge in [0.2, 0.25) is 0 Å². The third kappa shape index (κ3) is 10.8. The van der Waals surface area contributed by atoms with Crippen LogP contribution >= 0.6 is 0 Å². The molecule has 0 bridgehead atoms. The molecular formula is C74H58N4. The van der Waals surface area contributed by atoms with Crippen molar-refractivity contribution in [3.8, 4) is 22.3 Å². The first-order valence-electron chi connectivity index (χ1n) is 26.7. The van der Waals surface area contributed by atoms with E-state index in [-0.39, 0.29) is 0 Å². The number of nitrogens with zero attached hydrogens (tertiary/aromatic N) is 4. The van der Waals surface area contributed by atoms with E-state index in [1.54, 1.807) is 0 Å². The zero-order chi connectivity index (χ0) is 52.5. The van der Waals surface area contributed by atoms with Gasteiger partial charge in [-0.15, -0.1) is 0 Å². The van der Waals surface area contributed by atoms with Crippen molar-refractivity contribution in [2.75, 3.05) is 19.6 Å². The molecule has 374 valence electrons. The highest BCUT2D eigenvalue weighted by molar-refractivity contribution is 5.83. The average Bonchev–Trinajstić information content (AvgIpc) is 3.55. The Bertz CT molecular complexity index is 3750. The number of benzene rings is 12. The molecule has 0 aliphatic carbocycles. The summed E-state index contributed by atoms with van der Waals surface area (Å²) in [6.45, 7) is 2.14. The molecule has 4 nitrogen and oxygen atoms in total. The largest absolute Gasteiger partial charge is 0.311 e. The number of hydrogen-bond acceptors (Lipinski definition) is 4. The van der Waals surface area contributed by atoms with Gasteiger partial charge in [0.25, 0.3) is 0 Å². The lowest BCUT2D eigenvalue weighted by Crippen LogP contribution is -2.11. The van der Waals surface area contributed by atoms with Gasteiger partial charge in [-0.05, 0) is 192 Å². The summed E-state index contributed by atoms with van der Waals surface area (Å²) < 4.78 is 0. The molecule has 4 heteroatoms. The molecule has 78 heavy (non-hydrogen) atoms. The van der Waals surface area contributed by atoms with Crippen molar-refractivity contribution in [2.24, 2.45) is 0 Å². The fourth-order valence-electron chi connectivity index (χ4n) is 10.4. The minimum absolute atomic E-state index is 0.772. The molecule has 0 atom stereocenters. The van der Waals surface area contributed by atoms with Crippen molar-refractivity contribution in [1.29, 1.82) is 0 Å². The molecule has 0 radical (unpaired) electrons. The Kier molecular flexibility index (Phi) is 14.2. The van der Waals surface area contributed by atoms with E-state index in [4.69, 9.17) is 0 Å². The molecule has 0 aliphatic heterocycles. The highest BCUT2D eigenvalue weighted by Gasteiger charge is 2.18. The van der Waals surface area contributed by atoms with Crippen LogP contribution in [0.4, 0.5) is 68.2 Å². The predicted molar refractivity (Wildman–Crippen MR) is 330 cm³/mol. The van der Waals surface area contributed by atoms with Crippen LogP contribution in [0.2, 0.25) is 0 Å². The Labute approximate surface area is 459 Å². The highest BCUT2D eigenvalue weighted by Crippen LogP contribution is 2.41. The monoisotopic (exact) mass is 1000 g/mol. The van der Waals surface area contributed by atoms with Crippen molar-refractivity contribution in [2.45, 2.75) is 13.3 Å². The van der Waals surface area contributed by atoms with Crippen molar-refractivity contribution in [1.82, 2.24) is 0 Å². The van der Waals surface area contributed by atoms with Crippen LogP contribution in [0.5, 0.6) is 0 Å². The molecule has 0 aliphatic rings. The number of rotatable bonds is 16. The summed E-state index contributed by atoms with van der Waals surface area (Å²) in [5.41, 5.74) is 21.7. The summed E-state index contributed by atoms with van der Waals surface area (Å²) in [6, 6.07) is 115. The van der Waals surface area contributed by atoms with Crippen LogP contribution < -0.4 is 19.6 Å². The molecule has 0 spiro atoms. The first-order chi connectivity index (χ1) is 38.6. The molecule has 12 rings (SSSR count). The Morgan fingerprint density at radius 2 is 0.397 bits per heavy atom. The maximum atomic E-state index is 2.36. The van der Waals surface area contributed by atoms with E-state index >= 15 is 0 Å². The van der Waals surface area contributed by atoms with Crippen LogP contribution in [0, 0.1) is 6.92 Å². The van der Waals surface area contributed by atoms with Crippen LogP contribution in [-0.4, -0.2) is 0 Å². The van der Waals surface area contributed by atoms with E-state index in [0.29, 0.717) is 0 Å². The van der Waals surface area contributed by atoms with E-state index in [1.165, 1.54) is 16.7 Å². The standard InChI is InChI=1S/C74H58N4/c1-56-33-43-68(44-34-56)78(72-51-41-62(42-52-72)60-37-47-70(48-38-60)76(65-25-11-4-12-26-65)66-27-13-5-14-28-66)74-32-18-20-58(55-74)53-57-19-17-31-73(54-57)77(67-29-15-6-16-30-67)71-49-39-61(40-50-71)59-35-45-69(46-36-59)75(63-21-7-2-8-22-63)64-23-9-3-10-24-64/h2-52,54-55H,53H2,1H3. The van der Waals surface area contributed by atoms with E-state index in [0.717, 1.165) is 96.9 Å². The summed E-state index contributed by atoms with van der Waals surface area (Å²) in [5, 5.41) is 0. The fraction of sp³-hybridized carbons (Fsp3) is 0.0270. The molecule has 12 aromatic carbocycles. The van der Waals surface area contributed by atoms with Gasteiger partial charge in [0.15, 0.2) is 0 Å². The second-order valence-electron chi connectivity index (χ2n) is 19.6. The summed E-state index contributed by atoms with van der Waals surface area (Å²) in [6.07, 6.45) is 0.772. The Morgan fingerprint density at radius 1 is 0.192 bits per heavy atom. The van der Waals surface area contributed by atoms with E-state index in [1.807, 2.05) is 0 Å². The summed E-state index contributed by atoms with van der Waals surface area (Å²) >= 11 is 0. The van der Waals surface area contributed by atoms with Gasteiger partial charge >= 0.3 is 0 Å². The summed E-state index contributed by atoms with van der Waals surface area (Å²) in [5.74, 6) is 0. The fourth-order valence-corrected chi connectivity index (χ4v) is 10.4. The number of aryl methyl sites for hydroxylation is 1. The molecule has 0 N–H and O–H groups in total. The number of para-hydroxylation sites is 5. The molecule has 0 saturated heterocycles. The molecule has 0 saturated carbocycles. The molecule has 0 amide bonds. The predicted octanol–water partition coefficient (Wildman–Crippen LogP) is 20.8. The van der Waals surface area contributed by atoms with Crippen molar-refractivity contribution >= 4 is 68.2 Å². The van der Waals surface area contributed by atoms with Crippen LogP contribution in [0.3, 0.4) is 0 Å². The van der Waals surface area contributed by atoms with Gasteiger partial charge in [0.1, 0.15) is 0 Å². The maximum absolute atomic E-state index is 2.36. The lowest BCUT2D eigenvalue weighted by atomic mass is 10.0. The summed E-state index contributed by atoms with van der Waals surface area (Å²) in [4.78, 5) is 9.31. The molecule has 0 heterocycles. The molecule has 12 aromatic rings. The topological polar surface area (TPSA) is 13.0 Å². The van der Waals surface area contributed by atoms with E-state index in [2.05, 4.69) is 348 Å². The lowest BCUT2D eigenvalue weighted by Gasteiger charge is -2.27. The van der Waals surface area contributed by atoms with Gasteiger partial charge in [-0.2, -0.15) is 0 Å². The minimum atomic E-state index is 0.772. The first kappa shape index (κ1) is 48.8. The third-order valence-electron chi connectivity index (χ3n) is 14.3. The zero-order valence-corrected chi connectivity index (χ0v) is 43.6. The quantitative estimate of drug-likeness (QED) is 0.0956. The maximum Gasteiger partial charge on any atom is 0.0464 e.